The number of carbonyl (C=O) groups excluding carboxylic acids is 1. The lowest BCUT2D eigenvalue weighted by Gasteiger charge is -2.28. The number of benzene rings is 2. The molecule has 1 fully saturated rings. The van der Waals surface area contributed by atoms with Gasteiger partial charge in [0, 0.05) is 13.1 Å². The number of likely N-dealkylation sites (tertiary alicyclic amines) is 1. The molecular formula is C21H25NO3. The molecule has 0 bridgehead atoms. The first-order valence-electron chi connectivity index (χ1n) is 8.91. The number of esters is 1. The SMILES string of the molecule is CCCN1CCC(OC(=O)C(O)(c2ccccc2)c2ccccc2)C1. The highest BCUT2D eigenvalue weighted by molar-refractivity contribution is 5.85. The first-order valence-corrected chi connectivity index (χ1v) is 8.91. The zero-order chi connectivity index (χ0) is 17.7. The van der Waals surface area contributed by atoms with Crippen molar-refractivity contribution in [3.8, 4) is 0 Å². The minimum atomic E-state index is -1.79. The standard InChI is InChI=1S/C21H25NO3/c1-2-14-22-15-13-19(16-22)25-20(23)21(24,17-9-5-3-6-10-17)18-11-7-4-8-12-18/h3-12,19,24H,2,13-16H2,1H3. The van der Waals surface area contributed by atoms with E-state index in [0.717, 1.165) is 32.5 Å². The zero-order valence-electron chi connectivity index (χ0n) is 14.6. The second-order valence-corrected chi connectivity index (χ2v) is 6.56. The third-order valence-corrected chi connectivity index (χ3v) is 4.72. The molecule has 4 nitrogen and oxygen atoms in total. The first kappa shape index (κ1) is 17.6. The zero-order valence-corrected chi connectivity index (χ0v) is 14.6. The van der Waals surface area contributed by atoms with E-state index in [-0.39, 0.29) is 6.10 Å². The van der Waals surface area contributed by atoms with E-state index in [9.17, 15) is 9.90 Å². The summed E-state index contributed by atoms with van der Waals surface area (Å²) in [4.78, 5) is 15.3. The first-order chi connectivity index (χ1) is 12.1. The fraction of sp³-hybridized carbons (Fsp3) is 0.381. The van der Waals surface area contributed by atoms with Crippen LogP contribution in [0.4, 0.5) is 0 Å². The fourth-order valence-electron chi connectivity index (χ4n) is 3.41. The Labute approximate surface area is 149 Å². The van der Waals surface area contributed by atoms with Gasteiger partial charge in [0.1, 0.15) is 6.10 Å². The Kier molecular flexibility index (Phi) is 5.51. The second-order valence-electron chi connectivity index (χ2n) is 6.56. The number of ether oxygens (including phenoxy) is 1. The smallest absolute Gasteiger partial charge is 0.348 e. The van der Waals surface area contributed by atoms with Gasteiger partial charge in [-0.1, -0.05) is 67.6 Å². The predicted octanol–water partition coefficient (Wildman–Crippen LogP) is 2.95. The highest BCUT2D eigenvalue weighted by atomic mass is 16.6. The van der Waals surface area contributed by atoms with E-state index in [1.807, 2.05) is 36.4 Å². The third kappa shape index (κ3) is 3.75. The second kappa shape index (κ2) is 7.81. The maximum atomic E-state index is 13.0. The van der Waals surface area contributed by atoms with Gasteiger partial charge in [0.05, 0.1) is 0 Å². The predicted molar refractivity (Wildman–Crippen MR) is 97.1 cm³/mol. The Morgan fingerprint density at radius 3 is 2.20 bits per heavy atom. The van der Waals surface area contributed by atoms with Gasteiger partial charge in [0.2, 0.25) is 5.60 Å². The molecule has 0 spiro atoms. The van der Waals surface area contributed by atoms with E-state index in [4.69, 9.17) is 4.74 Å². The molecule has 1 aliphatic heterocycles. The largest absolute Gasteiger partial charge is 0.458 e. The van der Waals surface area contributed by atoms with Gasteiger partial charge in [-0.05, 0) is 30.5 Å². The average molecular weight is 339 g/mol. The minimum absolute atomic E-state index is 0.169. The van der Waals surface area contributed by atoms with Crippen LogP contribution in [0.3, 0.4) is 0 Å². The Hall–Kier alpha value is -2.17. The van der Waals surface area contributed by atoms with Crippen LogP contribution in [-0.2, 0) is 15.1 Å². The van der Waals surface area contributed by atoms with Gasteiger partial charge in [0.25, 0.3) is 0 Å². The van der Waals surface area contributed by atoms with Gasteiger partial charge in [-0.3, -0.25) is 4.90 Å². The van der Waals surface area contributed by atoms with Crippen LogP contribution in [0.15, 0.2) is 60.7 Å². The fourth-order valence-corrected chi connectivity index (χ4v) is 3.41. The number of carbonyl (C=O) groups is 1. The Bertz CT molecular complexity index is 647. The Morgan fingerprint density at radius 1 is 1.12 bits per heavy atom. The van der Waals surface area contributed by atoms with Crippen LogP contribution in [-0.4, -0.2) is 41.7 Å². The number of rotatable bonds is 6. The molecule has 0 radical (unpaired) electrons. The molecule has 1 aliphatic rings. The molecule has 132 valence electrons. The van der Waals surface area contributed by atoms with E-state index in [1.165, 1.54) is 0 Å². The summed E-state index contributed by atoms with van der Waals surface area (Å²) in [6.07, 6.45) is 1.72. The maximum absolute atomic E-state index is 13.0. The summed E-state index contributed by atoms with van der Waals surface area (Å²) < 4.78 is 5.73. The Morgan fingerprint density at radius 2 is 1.68 bits per heavy atom. The summed E-state index contributed by atoms with van der Waals surface area (Å²) in [6.45, 7) is 4.82. The van der Waals surface area contributed by atoms with Crippen molar-refractivity contribution in [2.75, 3.05) is 19.6 Å². The molecule has 4 heteroatoms. The molecule has 3 rings (SSSR count). The highest BCUT2D eigenvalue weighted by Gasteiger charge is 2.43. The molecule has 1 heterocycles. The molecule has 2 aromatic carbocycles. The Balaban J connectivity index is 1.84. The van der Waals surface area contributed by atoms with Gasteiger partial charge >= 0.3 is 5.97 Å². The summed E-state index contributed by atoms with van der Waals surface area (Å²) in [6, 6.07) is 18.0. The quantitative estimate of drug-likeness (QED) is 0.822. The van der Waals surface area contributed by atoms with Crippen molar-refractivity contribution in [2.45, 2.75) is 31.5 Å². The van der Waals surface area contributed by atoms with Crippen molar-refractivity contribution in [1.29, 1.82) is 0 Å². The molecule has 0 amide bonds. The van der Waals surface area contributed by atoms with Crippen LogP contribution in [0.25, 0.3) is 0 Å². The molecule has 0 aromatic heterocycles. The van der Waals surface area contributed by atoms with E-state index in [2.05, 4.69) is 11.8 Å². The summed E-state index contributed by atoms with van der Waals surface area (Å²) >= 11 is 0. The summed E-state index contributed by atoms with van der Waals surface area (Å²) in [7, 11) is 0. The normalized spacial score (nSPS) is 18.2. The van der Waals surface area contributed by atoms with Crippen molar-refractivity contribution in [3.05, 3.63) is 71.8 Å². The van der Waals surface area contributed by atoms with E-state index < -0.39 is 11.6 Å². The highest BCUT2D eigenvalue weighted by Crippen LogP contribution is 2.32. The number of hydrogen-bond donors (Lipinski definition) is 1. The topological polar surface area (TPSA) is 49.8 Å². The lowest BCUT2D eigenvalue weighted by molar-refractivity contribution is -0.167. The summed E-state index contributed by atoms with van der Waals surface area (Å²) in [5, 5.41) is 11.4. The lowest BCUT2D eigenvalue weighted by atomic mass is 9.86. The molecule has 1 atom stereocenters. The van der Waals surface area contributed by atoms with E-state index >= 15 is 0 Å². The number of aliphatic hydroxyl groups is 1. The van der Waals surface area contributed by atoms with Crippen LogP contribution in [0, 0.1) is 0 Å². The number of hydrogen-bond acceptors (Lipinski definition) is 4. The van der Waals surface area contributed by atoms with Crippen molar-refractivity contribution in [1.82, 2.24) is 4.90 Å². The van der Waals surface area contributed by atoms with E-state index in [0.29, 0.717) is 11.1 Å². The molecule has 1 saturated heterocycles. The van der Waals surface area contributed by atoms with Crippen LogP contribution < -0.4 is 0 Å². The average Bonchev–Trinajstić information content (AvgIpc) is 3.09. The third-order valence-electron chi connectivity index (χ3n) is 4.72. The van der Waals surface area contributed by atoms with Crippen LogP contribution in [0.1, 0.15) is 30.9 Å². The van der Waals surface area contributed by atoms with Gasteiger partial charge in [-0.25, -0.2) is 4.79 Å². The molecule has 25 heavy (non-hydrogen) atoms. The van der Waals surface area contributed by atoms with Crippen LogP contribution >= 0.6 is 0 Å². The van der Waals surface area contributed by atoms with E-state index in [1.54, 1.807) is 24.3 Å². The van der Waals surface area contributed by atoms with Crippen molar-refractivity contribution in [2.24, 2.45) is 0 Å². The van der Waals surface area contributed by atoms with Gasteiger partial charge in [-0.2, -0.15) is 0 Å². The number of nitrogens with zero attached hydrogens (tertiary/aromatic N) is 1. The van der Waals surface area contributed by atoms with Crippen molar-refractivity contribution < 1.29 is 14.6 Å². The van der Waals surface area contributed by atoms with Gasteiger partial charge < -0.3 is 9.84 Å². The van der Waals surface area contributed by atoms with Gasteiger partial charge in [0.15, 0.2) is 0 Å². The maximum Gasteiger partial charge on any atom is 0.348 e. The lowest BCUT2D eigenvalue weighted by Crippen LogP contribution is -2.41. The molecule has 0 saturated carbocycles. The summed E-state index contributed by atoms with van der Waals surface area (Å²) in [5.74, 6) is -0.603. The molecule has 1 N–H and O–H groups in total. The minimum Gasteiger partial charge on any atom is -0.458 e. The molecule has 0 aliphatic carbocycles. The van der Waals surface area contributed by atoms with Crippen molar-refractivity contribution >= 4 is 5.97 Å². The summed E-state index contributed by atoms with van der Waals surface area (Å²) in [5.41, 5.74) is -0.745. The van der Waals surface area contributed by atoms with Crippen LogP contribution in [0.2, 0.25) is 0 Å². The monoisotopic (exact) mass is 339 g/mol. The van der Waals surface area contributed by atoms with Crippen LogP contribution in [0.5, 0.6) is 0 Å². The van der Waals surface area contributed by atoms with Crippen molar-refractivity contribution in [3.63, 3.8) is 0 Å². The molecule has 1 unspecified atom stereocenters. The molecule has 2 aromatic rings. The van der Waals surface area contributed by atoms with Gasteiger partial charge in [-0.15, -0.1) is 0 Å². The molecular weight excluding hydrogens is 314 g/mol.